The highest BCUT2D eigenvalue weighted by Crippen LogP contribution is 2.24. The van der Waals surface area contributed by atoms with Crippen LogP contribution in [0.25, 0.3) is 0 Å². The molecule has 98 valence electrons. The van der Waals surface area contributed by atoms with Crippen LogP contribution in [-0.4, -0.2) is 10.8 Å². The normalized spacial score (nSPS) is 10.2. The zero-order valence-corrected chi connectivity index (χ0v) is 12.1. The first-order valence-electron chi connectivity index (χ1n) is 5.75. The van der Waals surface area contributed by atoms with Gasteiger partial charge in [-0.15, -0.1) is 0 Å². The van der Waals surface area contributed by atoms with Crippen molar-refractivity contribution in [2.75, 3.05) is 0 Å². The van der Waals surface area contributed by atoms with E-state index in [9.17, 15) is 0 Å². The molecule has 0 spiro atoms. The van der Waals surface area contributed by atoms with Crippen molar-refractivity contribution in [2.24, 2.45) is 5.73 Å². The van der Waals surface area contributed by atoms with E-state index in [2.05, 4.69) is 20.9 Å². The highest BCUT2D eigenvalue weighted by atomic mass is 79.9. The second-order valence-corrected chi connectivity index (χ2v) is 5.04. The Morgan fingerprint density at radius 3 is 2.95 bits per heavy atom. The zero-order valence-electron chi connectivity index (χ0n) is 10.5. The number of rotatable bonds is 4. The minimum atomic E-state index is -0.0508. The van der Waals surface area contributed by atoms with Gasteiger partial charge in [0.2, 0.25) is 0 Å². The van der Waals surface area contributed by atoms with Crippen LogP contribution in [0.4, 0.5) is 0 Å². The number of amidine groups is 1. The van der Waals surface area contributed by atoms with Gasteiger partial charge >= 0.3 is 0 Å². The minimum absolute atomic E-state index is 0.0508. The Hall–Kier alpha value is -1.88. The largest absolute Gasteiger partial charge is 0.489 e. The molecule has 4 nitrogen and oxygen atoms in total. The predicted molar refractivity (Wildman–Crippen MR) is 78.5 cm³/mol. The summed E-state index contributed by atoms with van der Waals surface area (Å²) < 4.78 is 6.74. The summed E-state index contributed by atoms with van der Waals surface area (Å²) >= 11 is 3.41. The first kappa shape index (κ1) is 13.5. The number of ether oxygens (including phenoxy) is 1. The second kappa shape index (κ2) is 5.84. The van der Waals surface area contributed by atoms with E-state index in [-0.39, 0.29) is 5.84 Å². The summed E-state index contributed by atoms with van der Waals surface area (Å²) in [5.41, 5.74) is 7.82. The molecule has 0 saturated heterocycles. The summed E-state index contributed by atoms with van der Waals surface area (Å²) in [7, 11) is 0. The molecule has 0 amide bonds. The van der Waals surface area contributed by atoms with E-state index in [0.717, 1.165) is 21.3 Å². The van der Waals surface area contributed by atoms with Gasteiger partial charge in [-0.25, -0.2) is 0 Å². The van der Waals surface area contributed by atoms with E-state index in [1.54, 1.807) is 12.3 Å². The van der Waals surface area contributed by atoms with Crippen molar-refractivity contribution in [3.05, 3.63) is 57.8 Å². The van der Waals surface area contributed by atoms with E-state index in [1.165, 1.54) is 0 Å². The van der Waals surface area contributed by atoms with Crippen LogP contribution in [-0.2, 0) is 6.61 Å². The molecule has 1 aromatic carbocycles. The van der Waals surface area contributed by atoms with Crippen LogP contribution in [0.5, 0.6) is 5.75 Å². The van der Waals surface area contributed by atoms with Gasteiger partial charge in [0.05, 0.1) is 0 Å². The highest BCUT2D eigenvalue weighted by Gasteiger charge is 2.08. The fourth-order valence-corrected chi connectivity index (χ4v) is 2.02. The van der Waals surface area contributed by atoms with Crippen molar-refractivity contribution in [2.45, 2.75) is 13.5 Å². The Kier molecular flexibility index (Phi) is 4.16. The molecule has 3 N–H and O–H groups in total. The fourth-order valence-electron chi connectivity index (χ4n) is 1.68. The van der Waals surface area contributed by atoms with E-state index in [1.807, 2.05) is 31.2 Å². The van der Waals surface area contributed by atoms with Crippen molar-refractivity contribution < 1.29 is 4.74 Å². The molecule has 0 saturated carbocycles. The molecule has 0 radical (unpaired) electrons. The van der Waals surface area contributed by atoms with Gasteiger partial charge in [0.1, 0.15) is 23.9 Å². The standard InChI is InChI=1S/C14H14BrN3O/c1-9-4-5-11(15)7-12(9)19-8-10-3-2-6-18-13(10)14(16)17/h2-7H,8H2,1H3,(H3,16,17). The van der Waals surface area contributed by atoms with Crippen LogP contribution in [0.1, 0.15) is 16.8 Å². The molecule has 0 aliphatic rings. The van der Waals surface area contributed by atoms with Crippen LogP contribution >= 0.6 is 15.9 Å². The summed E-state index contributed by atoms with van der Waals surface area (Å²) in [6.07, 6.45) is 1.62. The van der Waals surface area contributed by atoms with E-state index < -0.39 is 0 Å². The SMILES string of the molecule is Cc1ccc(Br)cc1OCc1cccnc1C(=N)N. The average Bonchev–Trinajstić information content (AvgIpc) is 2.40. The van der Waals surface area contributed by atoms with Crippen molar-refractivity contribution in [1.82, 2.24) is 4.98 Å². The Labute approximate surface area is 120 Å². The van der Waals surface area contributed by atoms with Crippen molar-refractivity contribution in [1.29, 1.82) is 5.41 Å². The highest BCUT2D eigenvalue weighted by molar-refractivity contribution is 9.10. The summed E-state index contributed by atoms with van der Waals surface area (Å²) in [6.45, 7) is 2.32. The molecular weight excluding hydrogens is 306 g/mol. The number of nitrogens with zero attached hydrogens (tertiary/aromatic N) is 1. The number of nitrogens with two attached hydrogens (primary N) is 1. The predicted octanol–water partition coefficient (Wildman–Crippen LogP) is 3.02. The van der Waals surface area contributed by atoms with Gasteiger partial charge in [-0.05, 0) is 30.7 Å². The maximum Gasteiger partial charge on any atom is 0.142 e. The smallest absolute Gasteiger partial charge is 0.142 e. The molecular formula is C14H14BrN3O. The quantitative estimate of drug-likeness (QED) is 0.672. The number of nitrogens with one attached hydrogen (secondary N) is 1. The van der Waals surface area contributed by atoms with Crippen LogP contribution in [0, 0.1) is 12.3 Å². The molecule has 0 aliphatic heterocycles. The fraction of sp³-hybridized carbons (Fsp3) is 0.143. The zero-order chi connectivity index (χ0) is 13.8. The summed E-state index contributed by atoms with van der Waals surface area (Å²) in [4.78, 5) is 4.09. The van der Waals surface area contributed by atoms with E-state index in [0.29, 0.717) is 12.3 Å². The van der Waals surface area contributed by atoms with Crippen molar-refractivity contribution in [3.63, 3.8) is 0 Å². The molecule has 5 heteroatoms. The van der Waals surface area contributed by atoms with Gasteiger partial charge < -0.3 is 10.5 Å². The number of hydrogen-bond donors (Lipinski definition) is 2. The van der Waals surface area contributed by atoms with Gasteiger partial charge in [-0.2, -0.15) is 0 Å². The molecule has 0 aliphatic carbocycles. The molecule has 19 heavy (non-hydrogen) atoms. The van der Waals surface area contributed by atoms with Crippen LogP contribution in [0.15, 0.2) is 41.0 Å². The number of nitrogen functional groups attached to an aromatic ring is 1. The van der Waals surface area contributed by atoms with Crippen molar-refractivity contribution in [3.8, 4) is 5.75 Å². The molecule has 2 rings (SSSR count). The molecule has 0 atom stereocenters. The third-order valence-electron chi connectivity index (χ3n) is 2.68. The third-order valence-corrected chi connectivity index (χ3v) is 3.17. The first-order valence-corrected chi connectivity index (χ1v) is 6.54. The van der Waals surface area contributed by atoms with Gasteiger partial charge in [0.25, 0.3) is 0 Å². The van der Waals surface area contributed by atoms with Gasteiger partial charge in [-0.1, -0.05) is 28.1 Å². The number of pyridine rings is 1. The summed E-state index contributed by atoms with van der Waals surface area (Å²) in [5.74, 6) is 0.748. The maximum absolute atomic E-state index is 7.49. The number of aryl methyl sites for hydroxylation is 1. The monoisotopic (exact) mass is 319 g/mol. The molecule has 2 aromatic rings. The van der Waals surface area contributed by atoms with Crippen LogP contribution in [0.3, 0.4) is 0 Å². The van der Waals surface area contributed by atoms with E-state index in [4.69, 9.17) is 15.9 Å². The molecule has 1 heterocycles. The number of aromatic nitrogens is 1. The first-order chi connectivity index (χ1) is 9.08. The summed E-state index contributed by atoms with van der Waals surface area (Å²) in [6, 6.07) is 9.52. The van der Waals surface area contributed by atoms with Crippen molar-refractivity contribution >= 4 is 21.8 Å². The molecule has 0 fully saturated rings. The van der Waals surface area contributed by atoms with Crippen LogP contribution in [0.2, 0.25) is 0 Å². The topological polar surface area (TPSA) is 72.0 Å². The Morgan fingerprint density at radius 1 is 1.42 bits per heavy atom. The number of halogens is 1. The molecule has 1 aromatic heterocycles. The molecule has 0 bridgehead atoms. The lowest BCUT2D eigenvalue weighted by atomic mass is 10.2. The second-order valence-electron chi connectivity index (χ2n) is 4.12. The summed E-state index contributed by atoms with van der Waals surface area (Å²) in [5, 5.41) is 7.49. The lowest BCUT2D eigenvalue weighted by Crippen LogP contribution is -2.16. The Morgan fingerprint density at radius 2 is 2.21 bits per heavy atom. The average molecular weight is 320 g/mol. The third kappa shape index (κ3) is 3.32. The Balaban J connectivity index is 2.19. The van der Waals surface area contributed by atoms with Crippen LogP contribution < -0.4 is 10.5 Å². The van der Waals surface area contributed by atoms with Gasteiger partial charge in [0.15, 0.2) is 0 Å². The lowest BCUT2D eigenvalue weighted by Gasteiger charge is -2.11. The minimum Gasteiger partial charge on any atom is -0.489 e. The number of benzene rings is 1. The Bertz CT molecular complexity index is 613. The van der Waals surface area contributed by atoms with Gasteiger partial charge in [0, 0.05) is 16.2 Å². The molecule has 0 unspecified atom stereocenters. The van der Waals surface area contributed by atoms with E-state index >= 15 is 0 Å². The maximum atomic E-state index is 7.49. The lowest BCUT2D eigenvalue weighted by molar-refractivity contribution is 0.303. The number of hydrogen-bond acceptors (Lipinski definition) is 3. The van der Waals surface area contributed by atoms with Gasteiger partial charge in [-0.3, -0.25) is 10.4 Å².